The van der Waals surface area contributed by atoms with E-state index in [1.165, 1.54) is 12.4 Å². The Labute approximate surface area is 179 Å². The second-order valence-corrected chi connectivity index (χ2v) is 7.40. The molecule has 0 spiro atoms. The van der Waals surface area contributed by atoms with Gasteiger partial charge in [0.15, 0.2) is 0 Å². The van der Waals surface area contributed by atoms with E-state index >= 15 is 0 Å². The first-order chi connectivity index (χ1) is 15.1. The Morgan fingerprint density at radius 2 is 1.39 bits per heavy atom. The lowest BCUT2D eigenvalue weighted by Crippen LogP contribution is -2.32. The fraction of sp³-hybridized carbons (Fsp3) is 0.120. The van der Waals surface area contributed by atoms with E-state index < -0.39 is 5.41 Å². The minimum Gasteiger partial charge on any atom is -0.754 e. The molecule has 2 aromatic rings. The van der Waals surface area contributed by atoms with Gasteiger partial charge in [-0.25, -0.2) is 0 Å². The molecule has 0 unspecified atom stereocenters. The van der Waals surface area contributed by atoms with Crippen molar-refractivity contribution in [3.63, 3.8) is 0 Å². The number of hydrogen-bond acceptors (Lipinski definition) is 5. The van der Waals surface area contributed by atoms with Gasteiger partial charge in [-0.1, -0.05) is 30.3 Å². The van der Waals surface area contributed by atoms with Crippen LogP contribution in [0.2, 0.25) is 0 Å². The van der Waals surface area contributed by atoms with Gasteiger partial charge in [0.1, 0.15) is 17.2 Å². The van der Waals surface area contributed by atoms with Crippen molar-refractivity contribution in [2.45, 2.75) is 5.41 Å². The summed E-state index contributed by atoms with van der Waals surface area (Å²) in [5, 5.41) is 13.7. The van der Waals surface area contributed by atoms with Crippen molar-refractivity contribution in [3.8, 4) is 11.5 Å². The molecule has 0 atom stereocenters. The number of allylic oxidation sites excluding steroid dienone is 6. The summed E-state index contributed by atoms with van der Waals surface area (Å²) in [4.78, 5) is 12.9. The Bertz CT molecular complexity index is 1170. The molecule has 0 fully saturated rings. The Balaban J connectivity index is 1.86. The molecule has 5 rings (SSSR count). The smallest absolute Gasteiger partial charge is 0.290 e. The van der Waals surface area contributed by atoms with E-state index in [4.69, 9.17) is 9.47 Å². The second kappa shape index (κ2) is 7.11. The van der Waals surface area contributed by atoms with E-state index in [0.717, 1.165) is 43.6 Å². The van der Waals surface area contributed by atoms with E-state index in [-0.39, 0.29) is 0 Å². The van der Waals surface area contributed by atoms with Crippen LogP contribution in [-0.2, 0) is 5.41 Å². The predicted octanol–water partition coefficient (Wildman–Crippen LogP) is 4.70. The molecule has 0 bridgehead atoms. The summed E-state index contributed by atoms with van der Waals surface area (Å²) in [6, 6.07) is 15.5. The summed E-state index contributed by atoms with van der Waals surface area (Å²) in [6.07, 6.45) is 10.1. The third kappa shape index (κ3) is 2.62. The lowest BCUT2D eigenvalue weighted by atomic mass is 9.66. The molecule has 0 amide bonds. The normalized spacial score (nSPS) is 18.4. The molecule has 1 aliphatic carbocycles. The molecule has 154 valence electrons. The molecule has 0 saturated heterocycles. The maximum Gasteiger partial charge on any atom is 0.290 e. The van der Waals surface area contributed by atoms with E-state index in [1.54, 1.807) is 26.4 Å². The van der Waals surface area contributed by atoms with Gasteiger partial charge in [0.2, 0.25) is 6.20 Å². The van der Waals surface area contributed by atoms with E-state index in [0.29, 0.717) is 11.4 Å². The first kappa shape index (κ1) is 19.1. The van der Waals surface area contributed by atoms with Gasteiger partial charge >= 0.3 is 0 Å². The van der Waals surface area contributed by atoms with Gasteiger partial charge in [0.25, 0.3) is 5.70 Å². The van der Waals surface area contributed by atoms with E-state index in [2.05, 4.69) is 0 Å². The Hall–Kier alpha value is -3.90. The molecule has 0 aromatic heterocycles. The molecule has 31 heavy (non-hydrogen) atoms. The van der Waals surface area contributed by atoms with Crippen LogP contribution in [0.1, 0.15) is 11.1 Å². The number of hydroxylamine groups is 2. The molecule has 6 heteroatoms. The van der Waals surface area contributed by atoms with Crippen LogP contribution in [0.15, 0.2) is 108 Å². The fourth-order valence-electron chi connectivity index (χ4n) is 4.66. The highest BCUT2D eigenvalue weighted by atomic mass is 16.5. The minimum atomic E-state index is -0.843. The largest absolute Gasteiger partial charge is 0.754 e. The lowest BCUT2D eigenvalue weighted by Gasteiger charge is -2.38. The van der Waals surface area contributed by atoms with Crippen molar-refractivity contribution in [3.05, 3.63) is 129 Å². The van der Waals surface area contributed by atoms with Crippen molar-refractivity contribution in [2.24, 2.45) is 0 Å². The molecule has 6 nitrogen and oxygen atoms in total. The van der Waals surface area contributed by atoms with Crippen LogP contribution in [0.5, 0.6) is 11.5 Å². The number of methoxy groups -OCH3 is 2. The number of fused-ring (bicyclic) bond motifs is 2. The maximum atomic E-state index is 12.9. The van der Waals surface area contributed by atoms with Crippen LogP contribution in [0.3, 0.4) is 0 Å². The number of hydrogen-bond donors (Lipinski definition) is 0. The minimum absolute atomic E-state index is 0.361. The monoisotopic (exact) mass is 412 g/mol. The molecule has 0 saturated carbocycles. The molecule has 0 N–H and O–H groups in total. The van der Waals surface area contributed by atoms with Gasteiger partial charge in [0.05, 0.1) is 30.0 Å². The summed E-state index contributed by atoms with van der Waals surface area (Å²) in [6.45, 7) is 0. The maximum absolute atomic E-state index is 12.9. The Morgan fingerprint density at radius 3 is 1.94 bits per heavy atom. The summed E-state index contributed by atoms with van der Waals surface area (Å²) in [7, 11) is 3.24. The van der Waals surface area contributed by atoms with Crippen LogP contribution in [0.25, 0.3) is 0 Å². The van der Waals surface area contributed by atoms with Gasteiger partial charge in [0, 0.05) is 16.6 Å². The van der Waals surface area contributed by atoms with Gasteiger partial charge in [-0.05, 0) is 53.7 Å². The topological polar surface area (TPSA) is 64.8 Å². The quantitative estimate of drug-likeness (QED) is 0.681. The number of nitrogens with zero attached hydrogens (tertiary/aromatic N) is 2. The first-order valence-corrected chi connectivity index (χ1v) is 9.86. The zero-order chi connectivity index (χ0) is 21.6. The molecule has 2 heterocycles. The third-order valence-corrected chi connectivity index (χ3v) is 6.00. The van der Waals surface area contributed by atoms with Gasteiger partial charge in [-0.15, -0.1) is 0 Å². The van der Waals surface area contributed by atoms with Crippen LogP contribution < -0.4 is 9.47 Å². The van der Waals surface area contributed by atoms with E-state index in [1.807, 2.05) is 60.7 Å². The average molecular weight is 412 g/mol. The first-order valence-electron chi connectivity index (χ1n) is 9.86. The molecular formula is C25H20N2O4. The van der Waals surface area contributed by atoms with Gasteiger partial charge in [-0.3, -0.25) is 0 Å². The SMILES string of the molecule is COc1ccc(C2(c3ccc(OC)cc3)C3=CC=CN([O-])C3=C3C2=CC=C[N+]3=O)cc1. The zero-order valence-electron chi connectivity index (χ0n) is 17.1. The number of rotatable bonds is 4. The molecule has 3 aliphatic rings. The van der Waals surface area contributed by atoms with Crippen molar-refractivity contribution in [1.29, 1.82) is 0 Å². The second-order valence-electron chi connectivity index (χ2n) is 7.40. The van der Waals surface area contributed by atoms with Gasteiger partial charge < -0.3 is 19.7 Å². The number of nitroso groups, excluding NO2 is 1. The molecule has 0 radical (unpaired) electrons. The molecular weight excluding hydrogens is 392 g/mol. The highest BCUT2D eigenvalue weighted by Crippen LogP contribution is 2.58. The Morgan fingerprint density at radius 1 is 0.839 bits per heavy atom. The van der Waals surface area contributed by atoms with Crippen molar-refractivity contribution in [2.75, 3.05) is 14.2 Å². The van der Waals surface area contributed by atoms with Crippen molar-refractivity contribution in [1.82, 2.24) is 5.06 Å². The van der Waals surface area contributed by atoms with Crippen LogP contribution >= 0.6 is 0 Å². The van der Waals surface area contributed by atoms with Gasteiger partial charge in [-0.2, -0.15) is 0 Å². The summed E-state index contributed by atoms with van der Waals surface area (Å²) < 4.78 is 11.5. The standard InChI is InChI=1S/C25H20N2O4/c1-30-19-11-7-17(8-12-19)25(18-9-13-20(31-2)14-10-18)21-5-3-15-26(28)23(21)24-22(25)6-4-16-27(24)29/h3-16H,1-2H3. The lowest BCUT2D eigenvalue weighted by molar-refractivity contribution is -0.422. The highest BCUT2D eigenvalue weighted by molar-refractivity contribution is 5.74. The van der Waals surface area contributed by atoms with Crippen molar-refractivity contribution >= 4 is 0 Å². The molecule has 2 aliphatic heterocycles. The number of benzene rings is 2. The van der Waals surface area contributed by atoms with Crippen LogP contribution in [0, 0.1) is 10.1 Å². The summed E-state index contributed by atoms with van der Waals surface area (Å²) >= 11 is 0. The highest BCUT2D eigenvalue weighted by Gasteiger charge is 2.56. The number of ether oxygens (including phenoxy) is 2. The van der Waals surface area contributed by atoms with Crippen LogP contribution in [-0.4, -0.2) is 24.0 Å². The summed E-state index contributed by atoms with van der Waals surface area (Å²) in [5.41, 5.74) is 3.24. The zero-order valence-corrected chi connectivity index (χ0v) is 17.1. The van der Waals surface area contributed by atoms with Crippen LogP contribution in [0.4, 0.5) is 0 Å². The average Bonchev–Trinajstić information content (AvgIpc) is 3.13. The summed E-state index contributed by atoms with van der Waals surface area (Å²) in [5.74, 6) is 1.46. The third-order valence-electron chi connectivity index (χ3n) is 6.00. The molecule has 2 aromatic carbocycles. The fourth-order valence-corrected chi connectivity index (χ4v) is 4.66. The van der Waals surface area contributed by atoms with E-state index in [9.17, 15) is 10.1 Å². The van der Waals surface area contributed by atoms with Crippen molar-refractivity contribution < 1.29 is 14.2 Å². The predicted molar refractivity (Wildman–Crippen MR) is 117 cm³/mol. The Kier molecular flexibility index (Phi) is 4.38.